The first kappa shape index (κ1) is 14.9. The number of ether oxygens (including phenoxy) is 1. The zero-order chi connectivity index (χ0) is 14.9. The Kier molecular flexibility index (Phi) is 4.06. The molecule has 1 aromatic carbocycles. The summed E-state index contributed by atoms with van der Waals surface area (Å²) in [7, 11) is 1.47. The van der Waals surface area contributed by atoms with Crippen molar-refractivity contribution in [1.82, 2.24) is 9.59 Å². The van der Waals surface area contributed by atoms with Gasteiger partial charge in [0.05, 0.1) is 17.7 Å². The fourth-order valence-corrected chi connectivity index (χ4v) is 2.77. The molecule has 0 amide bonds. The molecule has 0 spiro atoms. The van der Waals surface area contributed by atoms with Crippen molar-refractivity contribution in [3.05, 3.63) is 40.2 Å². The molecule has 2 aromatic rings. The van der Waals surface area contributed by atoms with Gasteiger partial charge < -0.3 is 9.84 Å². The number of aliphatic hydroxyl groups is 1. The van der Waals surface area contributed by atoms with Crippen molar-refractivity contribution in [2.24, 2.45) is 0 Å². The van der Waals surface area contributed by atoms with Crippen molar-refractivity contribution >= 4 is 11.5 Å². The SMILES string of the molecule is COc1ccc(C(O)c2snnc2C(C)(C)C)c(F)c1. The van der Waals surface area contributed by atoms with Crippen LogP contribution in [0.15, 0.2) is 18.2 Å². The van der Waals surface area contributed by atoms with Crippen LogP contribution < -0.4 is 4.74 Å². The number of nitrogens with zero attached hydrogens (tertiary/aromatic N) is 2. The largest absolute Gasteiger partial charge is 0.497 e. The highest BCUT2D eigenvalue weighted by molar-refractivity contribution is 7.05. The number of benzene rings is 1. The van der Waals surface area contributed by atoms with E-state index in [4.69, 9.17) is 4.74 Å². The second kappa shape index (κ2) is 5.46. The minimum atomic E-state index is -1.07. The van der Waals surface area contributed by atoms with Gasteiger partial charge in [-0.1, -0.05) is 25.3 Å². The summed E-state index contributed by atoms with van der Waals surface area (Å²) in [5.74, 6) is -0.0953. The van der Waals surface area contributed by atoms with Crippen LogP contribution in [0.4, 0.5) is 4.39 Å². The van der Waals surface area contributed by atoms with E-state index in [9.17, 15) is 9.50 Å². The molecule has 2 rings (SSSR count). The highest BCUT2D eigenvalue weighted by Crippen LogP contribution is 2.35. The van der Waals surface area contributed by atoms with E-state index >= 15 is 0 Å². The summed E-state index contributed by atoms with van der Waals surface area (Å²) >= 11 is 1.09. The highest BCUT2D eigenvalue weighted by atomic mass is 32.1. The second-order valence-electron chi connectivity index (χ2n) is 5.53. The molecule has 4 nitrogen and oxygen atoms in total. The average Bonchev–Trinajstić information content (AvgIpc) is 2.86. The maximum atomic E-state index is 14.0. The second-order valence-corrected chi connectivity index (χ2v) is 6.31. The molecule has 1 atom stereocenters. The van der Waals surface area contributed by atoms with Crippen LogP contribution in [0.1, 0.15) is 43.0 Å². The Morgan fingerprint density at radius 3 is 2.60 bits per heavy atom. The van der Waals surface area contributed by atoms with Gasteiger partial charge in [-0.15, -0.1) is 5.10 Å². The molecule has 0 aliphatic rings. The third kappa shape index (κ3) is 2.81. The number of methoxy groups -OCH3 is 1. The van der Waals surface area contributed by atoms with Gasteiger partial charge in [-0.2, -0.15) is 0 Å². The smallest absolute Gasteiger partial charge is 0.133 e. The molecule has 1 heterocycles. The van der Waals surface area contributed by atoms with Gasteiger partial charge in [0.2, 0.25) is 0 Å². The quantitative estimate of drug-likeness (QED) is 0.945. The Morgan fingerprint density at radius 2 is 2.05 bits per heavy atom. The summed E-state index contributed by atoms with van der Waals surface area (Å²) in [5.41, 5.74) is 0.624. The van der Waals surface area contributed by atoms with Crippen LogP contribution in [0, 0.1) is 5.82 Å². The lowest BCUT2D eigenvalue weighted by atomic mass is 9.89. The number of hydrogen-bond acceptors (Lipinski definition) is 5. The Balaban J connectivity index is 2.42. The molecule has 0 aliphatic heterocycles. The predicted molar refractivity (Wildman–Crippen MR) is 75.6 cm³/mol. The van der Waals surface area contributed by atoms with E-state index in [-0.39, 0.29) is 11.0 Å². The van der Waals surface area contributed by atoms with Crippen molar-refractivity contribution in [3.8, 4) is 5.75 Å². The van der Waals surface area contributed by atoms with Gasteiger partial charge in [0.25, 0.3) is 0 Å². The van der Waals surface area contributed by atoms with Crippen LogP contribution in [0.2, 0.25) is 0 Å². The molecule has 1 aromatic heterocycles. The van der Waals surface area contributed by atoms with E-state index in [2.05, 4.69) is 9.59 Å². The molecule has 0 saturated heterocycles. The van der Waals surface area contributed by atoms with Crippen LogP contribution in [0.5, 0.6) is 5.75 Å². The first-order valence-electron chi connectivity index (χ1n) is 6.19. The number of hydrogen-bond donors (Lipinski definition) is 1. The molecular formula is C14H17FN2O2S. The van der Waals surface area contributed by atoms with Gasteiger partial charge in [-0.25, -0.2) is 4.39 Å². The summed E-state index contributed by atoms with van der Waals surface area (Å²) in [6.07, 6.45) is -1.07. The van der Waals surface area contributed by atoms with Crippen molar-refractivity contribution in [3.63, 3.8) is 0 Å². The van der Waals surface area contributed by atoms with Gasteiger partial charge in [-0.05, 0) is 23.7 Å². The first-order chi connectivity index (χ1) is 9.34. The molecule has 6 heteroatoms. The topological polar surface area (TPSA) is 55.2 Å². The fraction of sp³-hybridized carbons (Fsp3) is 0.429. The number of halogens is 1. The standard InChI is InChI=1S/C14H17FN2O2S/c1-14(2,3)13-12(20-17-16-13)11(18)9-6-5-8(19-4)7-10(9)15/h5-7,11,18H,1-4H3. The lowest BCUT2D eigenvalue weighted by Crippen LogP contribution is -2.16. The van der Waals surface area contributed by atoms with Crippen molar-refractivity contribution in [1.29, 1.82) is 0 Å². The van der Waals surface area contributed by atoms with Gasteiger partial charge in [-0.3, -0.25) is 0 Å². The Bertz CT molecular complexity index is 607. The molecular weight excluding hydrogens is 279 g/mol. The van der Waals surface area contributed by atoms with Crippen LogP contribution >= 0.6 is 11.5 Å². The van der Waals surface area contributed by atoms with Gasteiger partial charge in [0, 0.05) is 17.0 Å². The highest BCUT2D eigenvalue weighted by Gasteiger charge is 2.28. The summed E-state index contributed by atoms with van der Waals surface area (Å²) < 4.78 is 22.9. The molecule has 20 heavy (non-hydrogen) atoms. The summed E-state index contributed by atoms with van der Waals surface area (Å²) in [5, 5.41) is 14.5. The number of rotatable bonds is 3. The van der Waals surface area contributed by atoms with Crippen LogP contribution in [-0.2, 0) is 5.41 Å². The maximum absolute atomic E-state index is 14.0. The van der Waals surface area contributed by atoms with E-state index in [0.29, 0.717) is 16.3 Å². The third-order valence-corrected chi connectivity index (χ3v) is 3.75. The zero-order valence-electron chi connectivity index (χ0n) is 11.8. The lowest BCUT2D eigenvalue weighted by Gasteiger charge is -2.19. The minimum absolute atomic E-state index is 0.197. The van der Waals surface area contributed by atoms with E-state index in [0.717, 1.165) is 11.5 Å². The molecule has 0 saturated carbocycles. The summed E-state index contributed by atoms with van der Waals surface area (Å²) in [6.45, 7) is 5.93. The van der Waals surface area contributed by atoms with Crippen molar-refractivity contribution in [2.75, 3.05) is 7.11 Å². The molecule has 0 bridgehead atoms. The molecule has 0 aliphatic carbocycles. The fourth-order valence-electron chi connectivity index (χ4n) is 1.89. The molecule has 0 radical (unpaired) electrons. The predicted octanol–water partition coefficient (Wildman–Crippen LogP) is 3.07. The van der Waals surface area contributed by atoms with Crippen molar-refractivity contribution in [2.45, 2.75) is 32.3 Å². The van der Waals surface area contributed by atoms with E-state index < -0.39 is 11.9 Å². The number of aromatic nitrogens is 2. The third-order valence-electron chi connectivity index (χ3n) is 2.97. The maximum Gasteiger partial charge on any atom is 0.133 e. The van der Waals surface area contributed by atoms with E-state index in [1.54, 1.807) is 6.07 Å². The monoisotopic (exact) mass is 296 g/mol. The van der Waals surface area contributed by atoms with Crippen LogP contribution in [0.25, 0.3) is 0 Å². The molecule has 1 unspecified atom stereocenters. The normalized spacial score (nSPS) is 13.3. The van der Waals surface area contributed by atoms with Crippen LogP contribution in [-0.4, -0.2) is 21.8 Å². The average molecular weight is 296 g/mol. The minimum Gasteiger partial charge on any atom is -0.497 e. The van der Waals surface area contributed by atoms with E-state index in [1.807, 2.05) is 20.8 Å². The summed E-state index contributed by atoms with van der Waals surface area (Å²) in [6, 6.07) is 4.39. The van der Waals surface area contributed by atoms with Crippen molar-refractivity contribution < 1.29 is 14.2 Å². The van der Waals surface area contributed by atoms with Gasteiger partial charge in [0.1, 0.15) is 17.7 Å². The summed E-state index contributed by atoms with van der Waals surface area (Å²) in [4.78, 5) is 0.571. The molecule has 1 N–H and O–H groups in total. The molecule has 108 valence electrons. The van der Waals surface area contributed by atoms with Gasteiger partial charge >= 0.3 is 0 Å². The first-order valence-corrected chi connectivity index (χ1v) is 6.96. The van der Waals surface area contributed by atoms with Gasteiger partial charge in [0.15, 0.2) is 0 Å². The van der Waals surface area contributed by atoms with E-state index in [1.165, 1.54) is 19.2 Å². The lowest BCUT2D eigenvalue weighted by molar-refractivity contribution is 0.215. The Hall–Kier alpha value is -1.53. The Morgan fingerprint density at radius 1 is 1.35 bits per heavy atom. The molecule has 0 fully saturated rings. The number of aliphatic hydroxyl groups excluding tert-OH is 1. The Labute approximate surface area is 121 Å². The van der Waals surface area contributed by atoms with Crippen LogP contribution in [0.3, 0.4) is 0 Å². The zero-order valence-corrected chi connectivity index (χ0v) is 12.7.